The van der Waals surface area contributed by atoms with Crippen LogP contribution < -0.4 is 0 Å². The number of phenols is 1. The zero-order valence-electron chi connectivity index (χ0n) is 14.1. The van der Waals surface area contributed by atoms with Gasteiger partial charge in [0.2, 0.25) is 0 Å². The van der Waals surface area contributed by atoms with Gasteiger partial charge in [0.25, 0.3) is 0 Å². The van der Waals surface area contributed by atoms with E-state index in [1.165, 1.54) is 0 Å². The molecule has 0 amide bonds. The van der Waals surface area contributed by atoms with E-state index in [1.54, 1.807) is 18.2 Å². The lowest BCUT2D eigenvalue weighted by Crippen LogP contribution is -2.37. The summed E-state index contributed by atoms with van der Waals surface area (Å²) in [5, 5.41) is 9.56. The quantitative estimate of drug-likeness (QED) is 0.556. The number of rotatable bonds is 9. The minimum atomic E-state index is -0.659. The number of carbonyl (C=O) groups is 1. The second kappa shape index (κ2) is 8.79. The monoisotopic (exact) mass is 308 g/mol. The van der Waals surface area contributed by atoms with Gasteiger partial charge in [0.05, 0.1) is 12.2 Å². The first kappa shape index (κ1) is 18.5. The Kier molecular flexibility index (Phi) is 7.39. The first-order chi connectivity index (χ1) is 10.4. The second-order valence-electron chi connectivity index (χ2n) is 6.11. The van der Waals surface area contributed by atoms with Gasteiger partial charge in [-0.15, -0.1) is 0 Å². The standard InChI is InChI=1S/C18H28O4/c1-5-7-11-21-17(20)16(22-18(3,4)6-2)13-14-9-8-10-15(19)12-14/h8-10,12,16,19H,5-7,11,13H2,1-4H3. The Balaban J connectivity index is 2.79. The first-order valence-corrected chi connectivity index (χ1v) is 8.00. The van der Waals surface area contributed by atoms with E-state index >= 15 is 0 Å². The summed E-state index contributed by atoms with van der Waals surface area (Å²) in [6, 6.07) is 6.88. The van der Waals surface area contributed by atoms with Crippen molar-refractivity contribution in [3.8, 4) is 5.75 Å². The van der Waals surface area contributed by atoms with E-state index in [0.717, 1.165) is 24.8 Å². The third kappa shape index (κ3) is 6.48. The van der Waals surface area contributed by atoms with Crippen LogP contribution in [0.25, 0.3) is 0 Å². The summed E-state index contributed by atoms with van der Waals surface area (Å²) in [4.78, 5) is 12.3. The number of unbranched alkanes of at least 4 members (excludes halogenated alkanes) is 1. The molecule has 1 rings (SSSR count). The number of ether oxygens (including phenoxy) is 2. The van der Waals surface area contributed by atoms with Crippen LogP contribution in [-0.2, 0) is 20.7 Å². The maximum Gasteiger partial charge on any atom is 0.335 e. The maximum absolute atomic E-state index is 12.3. The predicted molar refractivity (Wildman–Crippen MR) is 86.9 cm³/mol. The van der Waals surface area contributed by atoms with E-state index in [2.05, 4.69) is 6.92 Å². The molecule has 1 aromatic rings. The molecule has 0 aromatic heterocycles. The molecule has 0 bridgehead atoms. The van der Waals surface area contributed by atoms with Crippen LogP contribution in [0, 0.1) is 0 Å². The fourth-order valence-corrected chi connectivity index (χ4v) is 1.95. The van der Waals surface area contributed by atoms with E-state index in [1.807, 2.05) is 26.8 Å². The van der Waals surface area contributed by atoms with E-state index in [0.29, 0.717) is 13.0 Å². The van der Waals surface area contributed by atoms with Gasteiger partial charge in [-0.1, -0.05) is 32.4 Å². The molecular weight excluding hydrogens is 280 g/mol. The summed E-state index contributed by atoms with van der Waals surface area (Å²) < 4.78 is 11.3. The van der Waals surface area contributed by atoms with E-state index in [-0.39, 0.29) is 11.7 Å². The third-order valence-electron chi connectivity index (χ3n) is 3.65. The van der Waals surface area contributed by atoms with Crippen molar-refractivity contribution in [2.75, 3.05) is 6.61 Å². The molecule has 4 heteroatoms. The molecule has 0 aliphatic carbocycles. The molecule has 0 spiro atoms. The fourth-order valence-electron chi connectivity index (χ4n) is 1.95. The molecule has 0 saturated carbocycles. The van der Waals surface area contributed by atoms with E-state index in [4.69, 9.17) is 9.47 Å². The van der Waals surface area contributed by atoms with Gasteiger partial charge in [0.15, 0.2) is 6.10 Å². The highest BCUT2D eigenvalue weighted by atomic mass is 16.6. The Bertz CT molecular complexity index is 468. The summed E-state index contributed by atoms with van der Waals surface area (Å²) in [5.41, 5.74) is 0.454. The number of aromatic hydroxyl groups is 1. The summed E-state index contributed by atoms with van der Waals surface area (Å²) >= 11 is 0. The lowest BCUT2D eigenvalue weighted by Gasteiger charge is -2.29. The molecule has 0 aliphatic heterocycles. The van der Waals surface area contributed by atoms with Crippen LogP contribution in [-0.4, -0.2) is 29.4 Å². The molecule has 124 valence electrons. The number of esters is 1. The molecule has 1 unspecified atom stereocenters. The lowest BCUT2D eigenvalue weighted by molar-refractivity contribution is -0.168. The van der Waals surface area contributed by atoms with Crippen molar-refractivity contribution in [3.05, 3.63) is 29.8 Å². The molecule has 0 saturated heterocycles. The Labute approximate surface area is 133 Å². The van der Waals surface area contributed by atoms with Crippen molar-refractivity contribution < 1.29 is 19.4 Å². The second-order valence-corrected chi connectivity index (χ2v) is 6.11. The third-order valence-corrected chi connectivity index (χ3v) is 3.65. The van der Waals surface area contributed by atoms with Gasteiger partial charge in [-0.25, -0.2) is 4.79 Å². The van der Waals surface area contributed by atoms with Gasteiger partial charge < -0.3 is 14.6 Å². The summed E-state index contributed by atoms with van der Waals surface area (Å²) in [7, 11) is 0. The Morgan fingerprint density at radius 2 is 2.05 bits per heavy atom. The molecule has 1 N–H and O–H groups in total. The zero-order chi connectivity index (χ0) is 16.6. The Hall–Kier alpha value is -1.55. The molecule has 1 atom stereocenters. The van der Waals surface area contributed by atoms with Crippen LogP contribution in [0.1, 0.15) is 52.5 Å². The van der Waals surface area contributed by atoms with Crippen molar-refractivity contribution >= 4 is 5.97 Å². The highest BCUT2D eigenvalue weighted by molar-refractivity contribution is 5.75. The van der Waals surface area contributed by atoms with Crippen LogP contribution in [0.4, 0.5) is 0 Å². The average Bonchev–Trinajstić information content (AvgIpc) is 2.46. The molecular formula is C18H28O4. The minimum absolute atomic E-state index is 0.186. The number of carbonyl (C=O) groups excluding carboxylic acids is 1. The number of benzene rings is 1. The van der Waals surface area contributed by atoms with Crippen molar-refractivity contribution in [2.45, 2.75) is 65.1 Å². The summed E-state index contributed by atoms with van der Waals surface area (Å²) in [6.45, 7) is 8.41. The molecule has 0 heterocycles. The normalized spacial score (nSPS) is 12.9. The van der Waals surface area contributed by atoms with Gasteiger partial charge in [0.1, 0.15) is 5.75 Å². The van der Waals surface area contributed by atoms with Crippen LogP contribution in [0.15, 0.2) is 24.3 Å². The van der Waals surface area contributed by atoms with Crippen LogP contribution >= 0.6 is 0 Å². The highest BCUT2D eigenvalue weighted by Crippen LogP contribution is 2.21. The lowest BCUT2D eigenvalue weighted by atomic mass is 10.0. The smallest absolute Gasteiger partial charge is 0.335 e. The van der Waals surface area contributed by atoms with Crippen LogP contribution in [0.2, 0.25) is 0 Å². The number of hydrogen-bond donors (Lipinski definition) is 1. The van der Waals surface area contributed by atoms with E-state index < -0.39 is 11.7 Å². The van der Waals surface area contributed by atoms with Gasteiger partial charge in [-0.05, 0) is 44.4 Å². The van der Waals surface area contributed by atoms with Crippen molar-refractivity contribution in [1.29, 1.82) is 0 Å². The fraction of sp³-hybridized carbons (Fsp3) is 0.611. The van der Waals surface area contributed by atoms with E-state index in [9.17, 15) is 9.90 Å². The molecule has 0 fully saturated rings. The molecule has 1 aromatic carbocycles. The molecule has 0 aliphatic rings. The first-order valence-electron chi connectivity index (χ1n) is 8.00. The number of phenolic OH excluding ortho intramolecular Hbond substituents is 1. The van der Waals surface area contributed by atoms with Crippen molar-refractivity contribution in [3.63, 3.8) is 0 Å². The number of hydrogen-bond acceptors (Lipinski definition) is 4. The predicted octanol–water partition coefficient (Wildman–Crippen LogP) is 3.85. The minimum Gasteiger partial charge on any atom is -0.508 e. The van der Waals surface area contributed by atoms with Gasteiger partial charge in [-0.3, -0.25) is 0 Å². The highest BCUT2D eigenvalue weighted by Gasteiger charge is 2.28. The SMILES string of the molecule is CCCCOC(=O)C(Cc1cccc(O)c1)OC(C)(C)CC. The molecule has 0 radical (unpaired) electrons. The van der Waals surface area contributed by atoms with Gasteiger partial charge in [0, 0.05) is 6.42 Å². The molecule has 4 nitrogen and oxygen atoms in total. The topological polar surface area (TPSA) is 55.8 Å². The largest absolute Gasteiger partial charge is 0.508 e. The zero-order valence-corrected chi connectivity index (χ0v) is 14.1. The van der Waals surface area contributed by atoms with Gasteiger partial charge >= 0.3 is 5.97 Å². The maximum atomic E-state index is 12.3. The summed E-state index contributed by atoms with van der Waals surface area (Å²) in [6.07, 6.45) is 2.36. The van der Waals surface area contributed by atoms with Crippen LogP contribution in [0.5, 0.6) is 5.75 Å². The van der Waals surface area contributed by atoms with Crippen LogP contribution in [0.3, 0.4) is 0 Å². The Morgan fingerprint density at radius 1 is 1.32 bits per heavy atom. The average molecular weight is 308 g/mol. The Morgan fingerprint density at radius 3 is 2.64 bits per heavy atom. The molecule has 22 heavy (non-hydrogen) atoms. The van der Waals surface area contributed by atoms with Crippen molar-refractivity contribution in [1.82, 2.24) is 0 Å². The summed E-state index contributed by atoms with van der Waals surface area (Å²) in [5.74, 6) is -0.149. The van der Waals surface area contributed by atoms with Crippen molar-refractivity contribution in [2.24, 2.45) is 0 Å². The van der Waals surface area contributed by atoms with Gasteiger partial charge in [-0.2, -0.15) is 0 Å².